The summed E-state index contributed by atoms with van der Waals surface area (Å²) in [6.45, 7) is 0. The van der Waals surface area contributed by atoms with Gasteiger partial charge in [-0.15, -0.1) is 0 Å². The average Bonchev–Trinajstić information content (AvgIpc) is 3.20. The fourth-order valence-corrected chi connectivity index (χ4v) is 3.03. The second-order valence-electron chi connectivity index (χ2n) is 6.58. The van der Waals surface area contributed by atoms with Gasteiger partial charge in [0.2, 0.25) is 0 Å². The van der Waals surface area contributed by atoms with Crippen LogP contribution in [0.2, 0.25) is 0 Å². The predicted octanol–water partition coefficient (Wildman–Crippen LogP) is 2.73. The lowest BCUT2D eigenvalue weighted by atomic mass is 10.0. The van der Waals surface area contributed by atoms with Gasteiger partial charge in [0, 0.05) is 30.9 Å². The van der Waals surface area contributed by atoms with Gasteiger partial charge >= 0.3 is 11.9 Å². The van der Waals surface area contributed by atoms with Crippen LogP contribution in [0.4, 0.5) is 5.69 Å². The second-order valence-corrected chi connectivity index (χ2v) is 6.58. The minimum absolute atomic E-state index is 0.0976. The topological polar surface area (TPSA) is 148 Å². The number of benzene rings is 2. The van der Waals surface area contributed by atoms with Crippen LogP contribution in [-0.4, -0.2) is 49.7 Å². The number of nitro groups is 1. The van der Waals surface area contributed by atoms with E-state index < -0.39 is 22.7 Å². The van der Waals surface area contributed by atoms with Crippen LogP contribution >= 0.6 is 0 Å². The number of carbonyl (C=O) groups excluding carboxylic acids is 1. The minimum Gasteiger partial charge on any atom is -0.497 e. The highest BCUT2D eigenvalue weighted by Gasteiger charge is 2.59. The maximum absolute atomic E-state index is 12.5. The first kappa shape index (κ1) is 23.8. The smallest absolute Gasteiger partial charge is 0.388 e. The molecule has 1 N–H and O–H groups in total. The number of rotatable bonds is 9. The average molecular weight is 460 g/mol. The molecule has 174 valence electrons. The third kappa shape index (κ3) is 4.68. The zero-order valence-corrected chi connectivity index (χ0v) is 17.8. The van der Waals surface area contributed by atoms with Gasteiger partial charge in [-0.25, -0.2) is 10.1 Å². The van der Waals surface area contributed by atoms with Crippen LogP contribution in [0.5, 0.6) is 5.75 Å². The van der Waals surface area contributed by atoms with E-state index in [0.29, 0.717) is 11.3 Å². The molecule has 3 rings (SSSR count). The number of carbonyl (C=O) groups is 1. The molecule has 0 aromatic heterocycles. The predicted molar refractivity (Wildman–Crippen MR) is 111 cm³/mol. The largest absolute Gasteiger partial charge is 0.497 e. The van der Waals surface area contributed by atoms with Crippen LogP contribution in [0.15, 0.2) is 65.3 Å². The number of methoxy groups -OCH3 is 3. The second kappa shape index (κ2) is 9.75. The third-order valence-corrected chi connectivity index (χ3v) is 4.71. The molecule has 0 saturated heterocycles. The van der Waals surface area contributed by atoms with Crippen LogP contribution in [0.3, 0.4) is 0 Å². The van der Waals surface area contributed by atoms with Crippen LogP contribution < -0.4 is 4.74 Å². The molecule has 2 aromatic rings. The van der Waals surface area contributed by atoms with E-state index in [4.69, 9.17) is 23.8 Å². The Hall–Kier alpha value is -3.84. The van der Waals surface area contributed by atoms with Crippen LogP contribution in [0.1, 0.15) is 11.1 Å². The van der Waals surface area contributed by atoms with E-state index in [1.165, 1.54) is 50.8 Å². The van der Waals surface area contributed by atoms with Gasteiger partial charge in [0.15, 0.2) is 0 Å². The number of hydrogen-bond donors (Lipinski definition) is 1. The van der Waals surface area contributed by atoms with Crippen LogP contribution in [0.25, 0.3) is 0 Å². The summed E-state index contributed by atoms with van der Waals surface area (Å²) in [7, 11) is 3.76. The van der Waals surface area contributed by atoms with E-state index in [0.717, 1.165) is 13.2 Å². The Bertz CT molecular complexity index is 1080. The van der Waals surface area contributed by atoms with E-state index in [-0.39, 0.29) is 16.8 Å². The van der Waals surface area contributed by atoms with Gasteiger partial charge in [-0.05, 0) is 29.8 Å². The molecule has 0 bridgehead atoms. The molecule has 0 radical (unpaired) electrons. The first-order valence-corrected chi connectivity index (χ1v) is 9.33. The molecule has 1 aliphatic heterocycles. The van der Waals surface area contributed by atoms with Crippen LogP contribution in [-0.2, 0) is 34.5 Å². The first-order chi connectivity index (χ1) is 15.8. The van der Waals surface area contributed by atoms with Crippen molar-refractivity contribution in [3.8, 4) is 5.75 Å². The van der Waals surface area contributed by atoms with E-state index in [1.54, 1.807) is 18.2 Å². The van der Waals surface area contributed by atoms with E-state index in [9.17, 15) is 20.2 Å². The zero-order valence-electron chi connectivity index (χ0n) is 17.8. The molecular weight excluding hydrogens is 440 g/mol. The first-order valence-electron chi connectivity index (χ1n) is 9.33. The Balaban J connectivity index is 1.96. The van der Waals surface area contributed by atoms with Crippen molar-refractivity contribution in [1.82, 2.24) is 0 Å². The highest BCUT2D eigenvalue weighted by Crippen LogP contribution is 2.46. The van der Waals surface area contributed by atoms with Gasteiger partial charge in [-0.2, -0.15) is 4.89 Å². The number of nitro benzene ring substituents is 1. The molecule has 0 fully saturated rings. The molecule has 2 unspecified atom stereocenters. The molecule has 33 heavy (non-hydrogen) atoms. The van der Waals surface area contributed by atoms with Crippen molar-refractivity contribution in [3.63, 3.8) is 0 Å². The van der Waals surface area contributed by atoms with Crippen molar-refractivity contribution < 1.29 is 43.6 Å². The van der Waals surface area contributed by atoms with Crippen molar-refractivity contribution in [3.05, 3.63) is 81.4 Å². The number of nitrogens with zero attached hydrogens (tertiary/aromatic N) is 2. The lowest BCUT2D eigenvalue weighted by Gasteiger charge is -2.31. The standard InChI is InChI=1S/C21H20N2O10/c1-28-17-6-4-5-15(11-17)20(33-27)12-18(19(24)29-2)21(30-3,31-20)32-22-13-14-7-9-16(10-8-14)23(25)26/h4-13,27H,1-3H3. The van der Waals surface area contributed by atoms with Gasteiger partial charge in [0.1, 0.15) is 11.3 Å². The summed E-state index contributed by atoms with van der Waals surface area (Å²) in [4.78, 5) is 32.7. The van der Waals surface area contributed by atoms with Gasteiger partial charge in [0.05, 0.1) is 25.4 Å². The quantitative estimate of drug-likeness (QED) is 0.148. The number of oxime groups is 1. The van der Waals surface area contributed by atoms with E-state index in [2.05, 4.69) is 10.0 Å². The van der Waals surface area contributed by atoms with Crippen molar-refractivity contribution in [2.75, 3.05) is 21.3 Å². The van der Waals surface area contributed by atoms with E-state index in [1.807, 2.05) is 0 Å². The molecule has 1 aliphatic rings. The van der Waals surface area contributed by atoms with Crippen molar-refractivity contribution in [2.24, 2.45) is 5.16 Å². The van der Waals surface area contributed by atoms with Crippen molar-refractivity contribution in [1.29, 1.82) is 0 Å². The van der Waals surface area contributed by atoms with Gasteiger partial charge in [0.25, 0.3) is 11.5 Å². The Morgan fingerprint density at radius 1 is 1.18 bits per heavy atom. The summed E-state index contributed by atoms with van der Waals surface area (Å²) in [5.41, 5.74) is 0.295. The summed E-state index contributed by atoms with van der Waals surface area (Å²) in [5, 5.41) is 24.3. The third-order valence-electron chi connectivity index (χ3n) is 4.71. The van der Waals surface area contributed by atoms with Gasteiger partial charge in [-0.1, -0.05) is 17.3 Å². The Morgan fingerprint density at radius 2 is 1.91 bits per heavy atom. The maximum Gasteiger partial charge on any atom is 0.388 e. The number of non-ortho nitro benzene ring substituents is 1. The molecular formula is C21H20N2O10. The summed E-state index contributed by atoms with van der Waals surface area (Å²) < 4.78 is 21.1. The fourth-order valence-electron chi connectivity index (χ4n) is 3.03. The fraction of sp³-hybridized carbons (Fsp3) is 0.238. The summed E-state index contributed by atoms with van der Waals surface area (Å²) in [5.74, 6) is -4.77. The molecule has 2 aromatic carbocycles. The monoisotopic (exact) mass is 460 g/mol. The molecule has 1 heterocycles. The molecule has 2 atom stereocenters. The highest BCUT2D eigenvalue weighted by molar-refractivity contribution is 5.90. The van der Waals surface area contributed by atoms with E-state index >= 15 is 0 Å². The number of ether oxygens (including phenoxy) is 4. The number of esters is 1. The summed E-state index contributed by atoms with van der Waals surface area (Å²) in [6, 6.07) is 11.8. The Labute approximate surface area is 187 Å². The molecule has 12 heteroatoms. The lowest BCUT2D eigenvalue weighted by Crippen LogP contribution is -2.42. The van der Waals surface area contributed by atoms with Crippen molar-refractivity contribution >= 4 is 17.9 Å². The maximum atomic E-state index is 12.5. The summed E-state index contributed by atoms with van der Waals surface area (Å²) in [6.07, 6.45) is 2.34. The van der Waals surface area contributed by atoms with Gasteiger partial charge in [-0.3, -0.25) is 14.9 Å². The Morgan fingerprint density at radius 3 is 2.48 bits per heavy atom. The van der Waals surface area contributed by atoms with Gasteiger partial charge < -0.3 is 19.0 Å². The molecule has 0 saturated carbocycles. The summed E-state index contributed by atoms with van der Waals surface area (Å²) >= 11 is 0. The minimum atomic E-state index is -2.27. The SMILES string of the molecule is COC(=O)C1=CC(OO)(c2cccc(OC)c2)OC1(OC)ON=Cc1ccc([N+](=O)[O-])cc1. The normalized spacial score (nSPS) is 22.1. The molecule has 12 nitrogen and oxygen atoms in total. The van der Waals surface area contributed by atoms with Crippen molar-refractivity contribution in [2.45, 2.75) is 11.8 Å². The highest BCUT2D eigenvalue weighted by atomic mass is 17.2. The van der Waals surface area contributed by atoms with Crippen LogP contribution in [0, 0.1) is 10.1 Å². The lowest BCUT2D eigenvalue weighted by molar-refractivity contribution is -0.464. The Kier molecular flexibility index (Phi) is 7.04. The molecule has 0 aliphatic carbocycles. The number of hydrogen-bond acceptors (Lipinski definition) is 11. The molecule has 0 amide bonds. The molecule has 0 spiro atoms. The zero-order chi connectivity index (χ0) is 24.1.